The van der Waals surface area contributed by atoms with Crippen LogP contribution in [0.1, 0.15) is 34.6 Å². The van der Waals surface area contributed by atoms with Gasteiger partial charge in [0, 0.05) is 18.3 Å². The lowest BCUT2D eigenvalue weighted by Crippen LogP contribution is -2.31. The van der Waals surface area contributed by atoms with Gasteiger partial charge in [-0.25, -0.2) is 0 Å². The maximum absolute atomic E-state index is 4.59. The fraction of sp³-hybridized carbons (Fsp3) is 0.917. The Hall–Kier alpha value is -0.180. The van der Waals surface area contributed by atoms with Crippen LogP contribution in [0.2, 0.25) is 0 Å². The molecule has 1 atom stereocenters. The van der Waals surface area contributed by atoms with Crippen molar-refractivity contribution in [1.29, 1.82) is 0 Å². The second-order valence-electron chi connectivity index (χ2n) is 6.08. The first kappa shape index (κ1) is 11.3. The van der Waals surface area contributed by atoms with Crippen molar-refractivity contribution in [3.8, 4) is 0 Å². The number of aliphatic imine (C=N–C) groups is 1. The number of rotatable bonds is 1. The standard InChI is InChI=1S/C12H22N2S/c1-8-6-13-10(15-7-8)14-9-11(2,3)12(9,4)5/h8-9H,6-7H2,1-5H3,(H,13,14). The molecule has 1 saturated carbocycles. The van der Waals surface area contributed by atoms with E-state index in [-0.39, 0.29) is 0 Å². The predicted octanol–water partition coefficient (Wildman–Crippen LogP) is 2.75. The van der Waals surface area contributed by atoms with Gasteiger partial charge in [-0.2, -0.15) is 0 Å². The largest absolute Gasteiger partial charge is 0.361 e. The highest BCUT2D eigenvalue weighted by molar-refractivity contribution is 8.13. The fourth-order valence-electron chi connectivity index (χ4n) is 2.33. The highest BCUT2D eigenvalue weighted by atomic mass is 32.2. The van der Waals surface area contributed by atoms with Gasteiger partial charge in [0.2, 0.25) is 0 Å². The lowest BCUT2D eigenvalue weighted by Gasteiger charge is -2.18. The van der Waals surface area contributed by atoms with Crippen LogP contribution in [0.5, 0.6) is 0 Å². The summed E-state index contributed by atoms with van der Waals surface area (Å²) in [6.45, 7) is 12.6. The minimum absolute atomic E-state index is 0.402. The van der Waals surface area contributed by atoms with Crippen LogP contribution in [0.4, 0.5) is 0 Å². The molecule has 1 aliphatic carbocycles. The highest BCUT2D eigenvalue weighted by Gasteiger charge is 2.65. The van der Waals surface area contributed by atoms with Gasteiger partial charge < -0.3 is 5.32 Å². The maximum atomic E-state index is 4.59. The van der Waals surface area contributed by atoms with Crippen LogP contribution in [-0.2, 0) is 0 Å². The van der Waals surface area contributed by atoms with Crippen LogP contribution < -0.4 is 5.32 Å². The molecule has 1 unspecified atom stereocenters. The Kier molecular flexibility index (Phi) is 2.57. The van der Waals surface area contributed by atoms with Crippen LogP contribution in [0.25, 0.3) is 0 Å². The van der Waals surface area contributed by atoms with Gasteiger partial charge in [-0.3, -0.25) is 4.99 Å². The van der Waals surface area contributed by atoms with E-state index in [4.69, 9.17) is 0 Å². The molecule has 15 heavy (non-hydrogen) atoms. The number of hydrogen-bond acceptors (Lipinski definition) is 3. The summed E-state index contributed by atoms with van der Waals surface area (Å²) in [5.41, 5.74) is 0.804. The molecule has 0 aromatic heterocycles. The summed E-state index contributed by atoms with van der Waals surface area (Å²) in [5.74, 6) is 1.94. The van der Waals surface area contributed by atoms with Crippen molar-refractivity contribution >= 4 is 16.9 Å². The summed E-state index contributed by atoms with van der Waals surface area (Å²) in [6, 6.07) is 0.588. The van der Waals surface area contributed by atoms with Crippen molar-refractivity contribution in [1.82, 2.24) is 5.32 Å². The zero-order valence-corrected chi connectivity index (χ0v) is 11.2. The molecular weight excluding hydrogens is 204 g/mol. The van der Waals surface area contributed by atoms with E-state index in [9.17, 15) is 0 Å². The number of amidine groups is 1. The molecule has 0 saturated heterocycles. The summed E-state index contributed by atoms with van der Waals surface area (Å²) < 4.78 is 0. The number of hydrogen-bond donors (Lipinski definition) is 1. The van der Waals surface area contributed by atoms with E-state index in [1.165, 1.54) is 5.75 Å². The second kappa shape index (κ2) is 3.41. The fourth-order valence-corrected chi connectivity index (χ4v) is 3.24. The van der Waals surface area contributed by atoms with Crippen LogP contribution >= 0.6 is 11.8 Å². The van der Waals surface area contributed by atoms with Crippen molar-refractivity contribution in [2.75, 3.05) is 12.3 Å². The molecule has 1 aliphatic heterocycles. The molecular formula is C12H22N2S. The van der Waals surface area contributed by atoms with E-state index in [0.29, 0.717) is 16.9 Å². The molecule has 3 heteroatoms. The summed E-state index contributed by atoms with van der Waals surface area (Å²) in [5, 5.41) is 4.77. The highest BCUT2D eigenvalue weighted by Crippen LogP contribution is 2.62. The van der Waals surface area contributed by atoms with E-state index in [0.717, 1.165) is 17.6 Å². The van der Waals surface area contributed by atoms with Crippen LogP contribution in [0, 0.1) is 16.7 Å². The van der Waals surface area contributed by atoms with Gasteiger partial charge in [0.1, 0.15) is 0 Å². The van der Waals surface area contributed by atoms with E-state index in [1.807, 2.05) is 11.8 Å². The topological polar surface area (TPSA) is 24.4 Å². The summed E-state index contributed by atoms with van der Waals surface area (Å²) in [7, 11) is 0. The Morgan fingerprint density at radius 3 is 2.27 bits per heavy atom. The van der Waals surface area contributed by atoms with E-state index >= 15 is 0 Å². The van der Waals surface area contributed by atoms with Gasteiger partial charge in [0.05, 0.1) is 0 Å². The molecule has 2 aliphatic rings. The predicted molar refractivity (Wildman–Crippen MR) is 68.4 cm³/mol. The Balaban J connectivity index is 1.95. The smallest absolute Gasteiger partial charge is 0.156 e. The lowest BCUT2D eigenvalue weighted by atomic mass is 10.0. The third-order valence-corrected chi connectivity index (χ3v) is 5.60. The van der Waals surface area contributed by atoms with Gasteiger partial charge >= 0.3 is 0 Å². The number of nitrogens with zero attached hydrogens (tertiary/aromatic N) is 1. The van der Waals surface area contributed by atoms with Gasteiger partial charge in [0.15, 0.2) is 5.17 Å². The number of nitrogens with one attached hydrogen (secondary N) is 1. The SMILES string of the molecule is CC1CN=C(NC2C(C)(C)C2(C)C)SC1. The van der Waals surface area contributed by atoms with E-state index in [1.54, 1.807) is 0 Å². The first-order valence-electron chi connectivity index (χ1n) is 5.79. The lowest BCUT2D eigenvalue weighted by molar-refractivity contribution is 0.457. The van der Waals surface area contributed by atoms with Gasteiger partial charge in [-0.05, 0) is 16.7 Å². The van der Waals surface area contributed by atoms with Crippen molar-refractivity contribution in [3.63, 3.8) is 0 Å². The molecule has 2 rings (SSSR count). The minimum Gasteiger partial charge on any atom is -0.361 e. The zero-order valence-electron chi connectivity index (χ0n) is 10.4. The van der Waals surface area contributed by atoms with Crippen molar-refractivity contribution in [2.24, 2.45) is 21.7 Å². The van der Waals surface area contributed by atoms with Gasteiger partial charge in [0.25, 0.3) is 0 Å². The van der Waals surface area contributed by atoms with E-state index in [2.05, 4.69) is 44.9 Å². The van der Waals surface area contributed by atoms with Crippen LogP contribution in [-0.4, -0.2) is 23.5 Å². The molecule has 0 aromatic rings. The van der Waals surface area contributed by atoms with Crippen molar-refractivity contribution < 1.29 is 0 Å². The molecule has 1 N–H and O–H groups in total. The zero-order chi connectivity index (χ0) is 11.3. The molecule has 1 heterocycles. The average Bonchev–Trinajstić information content (AvgIpc) is 2.52. The summed E-state index contributed by atoms with van der Waals surface area (Å²) in [4.78, 5) is 4.59. The minimum atomic E-state index is 0.402. The van der Waals surface area contributed by atoms with Crippen LogP contribution in [0.15, 0.2) is 4.99 Å². The molecule has 2 nitrogen and oxygen atoms in total. The summed E-state index contributed by atoms with van der Waals surface area (Å²) in [6.07, 6.45) is 0. The molecule has 0 bridgehead atoms. The third-order valence-electron chi connectivity index (χ3n) is 4.34. The molecule has 0 radical (unpaired) electrons. The second-order valence-corrected chi connectivity index (χ2v) is 7.09. The number of thioether (sulfide) groups is 1. The van der Waals surface area contributed by atoms with Crippen molar-refractivity contribution in [3.05, 3.63) is 0 Å². The quantitative estimate of drug-likeness (QED) is 0.743. The molecule has 1 fully saturated rings. The van der Waals surface area contributed by atoms with Crippen LogP contribution in [0.3, 0.4) is 0 Å². The average molecular weight is 226 g/mol. The molecule has 0 aromatic carbocycles. The molecule has 0 spiro atoms. The normalized spacial score (nSPS) is 33.4. The first-order valence-corrected chi connectivity index (χ1v) is 6.78. The first-order chi connectivity index (χ1) is 6.85. The Bertz CT molecular complexity index is 280. The van der Waals surface area contributed by atoms with Gasteiger partial charge in [-0.15, -0.1) is 0 Å². The Morgan fingerprint density at radius 1 is 1.27 bits per heavy atom. The summed E-state index contributed by atoms with van der Waals surface area (Å²) >= 11 is 1.88. The Morgan fingerprint density at radius 2 is 1.87 bits per heavy atom. The third kappa shape index (κ3) is 1.79. The Labute approximate surface area is 97.3 Å². The van der Waals surface area contributed by atoms with Crippen molar-refractivity contribution in [2.45, 2.75) is 40.7 Å². The van der Waals surface area contributed by atoms with E-state index < -0.39 is 0 Å². The molecule has 0 amide bonds. The van der Waals surface area contributed by atoms with Gasteiger partial charge in [-0.1, -0.05) is 46.4 Å². The maximum Gasteiger partial charge on any atom is 0.156 e. The molecule has 86 valence electrons. The monoisotopic (exact) mass is 226 g/mol.